The summed E-state index contributed by atoms with van der Waals surface area (Å²) in [5, 5.41) is 2.43. The van der Waals surface area contributed by atoms with E-state index in [2.05, 4.69) is 93.6 Å². The maximum absolute atomic E-state index is 7.07. The van der Waals surface area contributed by atoms with Crippen LogP contribution in [0.4, 0.5) is 0 Å². The van der Waals surface area contributed by atoms with E-state index in [-0.39, 0.29) is 17.2 Å². The van der Waals surface area contributed by atoms with Crippen LogP contribution in [0, 0.1) is 0 Å². The fraction of sp³-hybridized carbons (Fsp3) is 0.391. The lowest BCUT2D eigenvalue weighted by Crippen LogP contribution is -2.68. The monoisotopic (exact) mass is 382 g/mol. The highest BCUT2D eigenvalue weighted by Gasteiger charge is 2.52. The molecule has 0 aromatic heterocycles. The van der Waals surface area contributed by atoms with Crippen molar-refractivity contribution in [3.05, 3.63) is 72.8 Å². The second kappa shape index (κ2) is 8.11. The molecule has 0 saturated carbocycles. The van der Waals surface area contributed by atoms with E-state index in [4.69, 9.17) is 13.9 Å². The van der Waals surface area contributed by atoms with Gasteiger partial charge in [0.2, 0.25) is 0 Å². The summed E-state index contributed by atoms with van der Waals surface area (Å²) in [6.45, 7) is 8.84. The number of hydrogen-bond acceptors (Lipinski definition) is 3. The van der Waals surface area contributed by atoms with E-state index >= 15 is 0 Å². The third kappa shape index (κ3) is 3.94. The van der Waals surface area contributed by atoms with Crippen LogP contribution in [-0.4, -0.2) is 33.9 Å². The van der Waals surface area contributed by atoms with Gasteiger partial charge in [-0.2, -0.15) is 0 Å². The Morgan fingerprint density at radius 3 is 1.81 bits per heavy atom. The van der Waals surface area contributed by atoms with Gasteiger partial charge >= 0.3 is 0 Å². The Morgan fingerprint density at radius 2 is 1.37 bits per heavy atom. The first-order valence-electron chi connectivity index (χ1n) is 9.54. The molecule has 3 atom stereocenters. The summed E-state index contributed by atoms with van der Waals surface area (Å²) in [6, 6.07) is 21.3. The zero-order chi connectivity index (χ0) is 19.5. The first kappa shape index (κ1) is 20.0. The fourth-order valence-corrected chi connectivity index (χ4v) is 8.48. The lowest BCUT2D eigenvalue weighted by Gasteiger charge is -2.46. The number of rotatable bonds is 5. The third-order valence-corrected chi connectivity index (χ3v) is 10.2. The number of methoxy groups -OCH3 is 1. The predicted molar refractivity (Wildman–Crippen MR) is 113 cm³/mol. The SMILES string of the molecule is CO[C@@H]1O[C@@H](C)C=C[C@@H]1O[Si](c1ccccc1)(c1ccccc1)C(C)(C)C. The van der Waals surface area contributed by atoms with Crippen molar-refractivity contribution in [3.63, 3.8) is 0 Å². The summed E-state index contributed by atoms with van der Waals surface area (Å²) in [7, 11) is -0.949. The molecule has 0 amide bonds. The van der Waals surface area contributed by atoms with Crippen LogP contribution in [-0.2, 0) is 13.9 Å². The molecule has 3 nitrogen and oxygen atoms in total. The Balaban J connectivity index is 2.16. The van der Waals surface area contributed by atoms with Crippen molar-refractivity contribution in [2.45, 2.75) is 51.2 Å². The molecular formula is C23H30O3Si. The Morgan fingerprint density at radius 1 is 0.852 bits per heavy atom. The minimum absolute atomic E-state index is 0.0222. The van der Waals surface area contributed by atoms with E-state index in [1.165, 1.54) is 10.4 Å². The summed E-state index contributed by atoms with van der Waals surface area (Å²) in [6.07, 6.45) is 3.51. The van der Waals surface area contributed by atoms with E-state index in [0.717, 1.165) is 0 Å². The van der Waals surface area contributed by atoms with Crippen LogP contribution in [0.15, 0.2) is 72.8 Å². The normalized spacial score (nSPS) is 23.4. The van der Waals surface area contributed by atoms with Crippen molar-refractivity contribution in [1.82, 2.24) is 0 Å². The van der Waals surface area contributed by atoms with Gasteiger partial charge in [-0.25, -0.2) is 0 Å². The Kier molecular flexibility index (Phi) is 6.01. The molecule has 144 valence electrons. The zero-order valence-corrected chi connectivity index (χ0v) is 17.9. The minimum atomic E-state index is -2.63. The second-order valence-corrected chi connectivity index (χ2v) is 12.3. The smallest absolute Gasteiger partial charge is 0.262 e. The Hall–Kier alpha value is -1.72. The molecule has 0 saturated heterocycles. The number of ether oxygens (including phenoxy) is 2. The van der Waals surface area contributed by atoms with Crippen molar-refractivity contribution >= 4 is 18.7 Å². The van der Waals surface area contributed by atoms with Gasteiger partial charge in [-0.15, -0.1) is 0 Å². The van der Waals surface area contributed by atoms with Gasteiger partial charge in [0.15, 0.2) is 6.29 Å². The molecule has 0 fully saturated rings. The molecule has 0 N–H and O–H groups in total. The van der Waals surface area contributed by atoms with E-state index in [1.807, 2.05) is 6.92 Å². The standard InChI is InChI=1S/C23H30O3Si/c1-18-16-17-21(22(24-5)25-18)26-27(23(2,3)4,19-12-8-6-9-13-19)20-14-10-7-11-15-20/h6-18,21-22H,1-5H3/t18-,21-,22+/m0/s1. The van der Waals surface area contributed by atoms with Gasteiger partial charge in [-0.1, -0.05) is 93.6 Å². The summed E-state index contributed by atoms with van der Waals surface area (Å²) in [5.41, 5.74) is 0. The molecule has 2 aromatic rings. The highest BCUT2D eigenvalue weighted by atomic mass is 28.4. The highest BCUT2D eigenvalue weighted by Crippen LogP contribution is 2.38. The predicted octanol–water partition coefficient (Wildman–Crippen LogP) is 3.88. The van der Waals surface area contributed by atoms with Crippen molar-refractivity contribution in [1.29, 1.82) is 0 Å². The highest BCUT2D eigenvalue weighted by molar-refractivity contribution is 6.99. The summed E-state index contributed by atoms with van der Waals surface area (Å²) < 4.78 is 18.7. The lowest BCUT2D eigenvalue weighted by molar-refractivity contribution is -0.182. The first-order chi connectivity index (χ1) is 12.9. The minimum Gasteiger partial charge on any atom is -0.396 e. The van der Waals surface area contributed by atoms with Crippen LogP contribution < -0.4 is 10.4 Å². The van der Waals surface area contributed by atoms with Crippen LogP contribution in [0.2, 0.25) is 5.04 Å². The fourth-order valence-electron chi connectivity index (χ4n) is 3.87. The lowest BCUT2D eigenvalue weighted by atomic mass is 10.2. The molecule has 0 aliphatic carbocycles. The molecule has 0 spiro atoms. The van der Waals surface area contributed by atoms with E-state index in [9.17, 15) is 0 Å². The Labute approximate surface area is 164 Å². The van der Waals surface area contributed by atoms with Crippen molar-refractivity contribution in [2.75, 3.05) is 7.11 Å². The molecule has 0 radical (unpaired) electrons. The Bertz CT molecular complexity index is 713. The molecule has 0 unspecified atom stereocenters. The molecule has 1 heterocycles. The molecule has 4 heteroatoms. The molecule has 0 bridgehead atoms. The van der Waals surface area contributed by atoms with Crippen LogP contribution in [0.5, 0.6) is 0 Å². The zero-order valence-electron chi connectivity index (χ0n) is 16.9. The van der Waals surface area contributed by atoms with Crippen LogP contribution in [0.3, 0.4) is 0 Å². The van der Waals surface area contributed by atoms with Gasteiger partial charge in [0.05, 0.1) is 6.10 Å². The van der Waals surface area contributed by atoms with E-state index in [1.54, 1.807) is 7.11 Å². The topological polar surface area (TPSA) is 27.7 Å². The average molecular weight is 383 g/mol. The molecule has 3 rings (SSSR count). The van der Waals surface area contributed by atoms with Crippen LogP contribution >= 0.6 is 0 Å². The summed E-state index contributed by atoms with van der Waals surface area (Å²) in [5.74, 6) is 0. The van der Waals surface area contributed by atoms with Gasteiger partial charge in [0.1, 0.15) is 6.10 Å². The summed E-state index contributed by atoms with van der Waals surface area (Å²) >= 11 is 0. The van der Waals surface area contributed by atoms with Gasteiger partial charge in [-0.05, 0) is 22.3 Å². The second-order valence-electron chi connectivity index (χ2n) is 8.08. The van der Waals surface area contributed by atoms with E-state index in [0.29, 0.717) is 0 Å². The van der Waals surface area contributed by atoms with Crippen LogP contribution in [0.1, 0.15) is 27.7 Å². The van der Waals surface area contributed by atoms with Crippen LogP contribution in [0.25, 0.3) is 0 Å². The third-order valence-electron chi connectivity index (χ3n) is 5.15. The van der Waals surface area contributed by atoms with Gasteiger partial charge in [0.25, 0.3) is 8.32 Å². The van der Waals surface area contributed by atoms with Crippen molar-refractivity contribution < 1.29 is 13.9 Å². The van der Waals surface area contributed by atoms with E-state index < -0.39 is 14.6 Å². The average Bonchev–Trinajstić information content (AvgIpc) is 2.67. The van der Waals surface area contributed by atoms with Gasteiger partial charge in [0, 0.05) is 7.11 Å². The van der Waals surface area contributed by atoms with Crippen molar-refractivity contribution in [2.24, 2.45) is 0 Å². The first-order valence-corrected chi connectivity index (χ1v) is 11.4. The molecule has 2 aromatic carbocycles. The number of benzene rings is 2. The van der Waals surface area contributed by atoms with Gasteiger partial charge in [-0.3, -0.25) is 0 Å². The quantitative estimate of drug-likeness (QED) is 0.580. The largest absolute Gasteiger partial charge is 0.396 e. The van der Waals surface area contributed by atoms with Crippen molar-refractivity contribution in [3.8, 4) is 0 Å². The molecule has 1 aliphatic heterocycles. The summed E-state index contributed by atoms with van der Waals surface area (Å²) in [4.78, 5) is 0. The maximum Gasteiger partial charge on any atom is 0.262 e. The molecular weight excluding hydrogens is 352 g/mol. The van der Waals surface area contributed by atoms with Gasteiger partial charge < -0.3 is 13.9 Å². The molecule has 1 aliphatic rings. The molecule has 27 heavy (non-hydrogen) atoms. The number of hydrogen-bond donors (Lipinski definition) is 0. The maximum atomic E-state index is 7.07.